The lowest BCUT2D eigenvalue weighted by Crippen LogP contribution is -2.06. The molecular weight excluding hydrogens is 262 g/mol. The molecule has 1 aliphatic carbocycles. The van der Waals surface area contributed by atoms with Crippen LogP contribution in [-0.4, -0.2) is 16.1 Å². The molecule has 0 radical (unpaired) electrons. The SMILES string of the molecule is Cc1c(N)nc(C2CC2)nc1-c1cccc(OC(C)C)c1. The summed E-state index contributed by atoms with van der Waals surface area (Å²) in [6, 6.07) is 8.01. The van der Waals surface area contributed by atoms with Gasteiger partial charge in [-0.15, -0.1) is 0 Å². The van der Waals surface area contributed by atoms with E-state index in [2.05, 4.69) is 4.98 Å². The van der Waals surface area contributed by atoms with Crippen LogP contribution in [0.1, 0.15) is 44.0 Å². The predicted octanol–water partition coefficient (Wildman–Crippen LogP) is 3.70. The van der Waals surface area contributed by atoms with E-state index in [1.165, 1.54) is 12.8 Å². The van der Waals surface area contributed by atoms with E-state index in [0.717, 1.165) is 28.4 Å². The Bertz CT molecular complexity index is 663. The van der Waals surface area contributed by atoms with Gasteiger partial charge < -0.3 is 10.5 Å². The third-order valence-electron chi connectivity index (χ3n) is 3.62. The number of nitrogens with two attached hydrogens (primary N) is 1. The van der Waals surface area contributed by atoms with Gasteiger partial charge in [-0.1, -0.05) is 12.1 Å². The van der Waals surface area contributed by atoms with Crippen molar-refractivity contribution in [3.05, 3.63) is 35.7 Å². The minimum Gasteiger partial charge on any atom is -0.491 e. The van der Waals surface area contributed by atoms with Crippen LogP contribution in [0.3, 0.4) is 0 Å². The van der Waals surface area contributed by atoms with E-state index < -0.39 is 0 Å². The average Bonchev–Trinajstić information content (AvgIpc) is 3.25. The first-order chi connectivity index (χ1) is 10.0. The fourth-order valence-electron chi connectivity index (χ4n) is 2.35. The quantitative estimate of drug-likeness (QED) is 0.929. The van der Waals surface area contributed by atoms with Crippen molar-refractivity contribution in [3.8, 4) is 17.0 Å². The molecule has 3 rings (SSSR count). The zero-order chi connectivity index (χ0) is 15.0. The first kappa shape index (κ1) is 13.9. The van der Waals surface area contributed by atoms with Crippen LogP contribution in [0.25, 0.3) is 11.3 Å². The summed E-state index contributed by atoms with van der Waals surface area (Å²) in [5, 5.41) is 0. The molecule has 1 aromatic carbocycles. The number of nitrogens with zero attached hydrogens (tertiary/aromatic N) is 2. The first-order valence-corrected chi connectivity index (χ1v) is 7.45. The zero-order valence-corrected chi connectivity index (χ0v) is 12.8. The van der Waals surface area contributed by atoms with Crippen LogP contribution in [0.2, 0.25) is 0 Å². The van der Waals surface area contributed by atoms with Crippen molar-refractivity contribution in [3.63, 3.8) is 0 Å². The van der Waals surface area contributed by atoms with Crippen LogP contribution in [-0.2, 0) is 0 Å². The Morgan fingerprint density at radius 1 is 1.24 bits per heavy atom. The second kappa shape index (κ2) is 5.35. The Kier molecular flexibility index (Phi) is 3.53. The Labute approximate surface area is 125 Å². The minimum absolute atomic E-state index is 0.152. The summed E-state index contributed by atoms with van der Waals surface area (Å²) in [6.07, 6.45) is 2.48. The number of rotatable bonds is 4. The van der Waals surface area contributed by atoms with Crippen molar-refractivity contribution in [2.45, 2.75) is 45.6 Å². The molecule has 110 valence electrons. The summed E-state index contributed by atoms with van der Waals surface area (Å²) in [5.41, 5.74) is 8.94. The van der Waals surface area contributed by atoms with Crippen molar-refractivity contribution >= 4 is 5.82 Å². The average molecular weight is 283 g/mol. The van der Waals surface area contributed by atoms with Crippen molar-refractivity contribution in [2.24, 2.45) is 0 Å². The van der Waals surface area contributed by atoms with E-state index in [9.17, 15) is 0 Å². The van der Waals surface area contributed by atoms with Crippen molar-refractivity contribution in [1.82, 2.24) is 9.97 Å². The van der Waals surface area contributed by atoms with Gasteiger partial charge in [-0.05, 0) is 45.7 Å². The van der Waals surface area contributed by atoms with E-state index in [1.807, 2.05) is 45.0 Å². The third kappa shape index (κ3) is 2.99. The van der Waals surface area contributed by atoms with Crippen LogP contribution in [0.15, 0.2) is 24.3 Å². The molecule has 1 heterocycles. The molecule has 0 amide bonds. The molecule has 1 saturated carbocycles. The summed E-state index contributed by atoms with van der Waals surface area (Å²) in [4.78, 5) is 9.17. The predicted molar refractivity (Wildman–Crippen MR) is 84.4 cm³/mol. The van der Waals surface area contributed by atoms with Crippen molar-refractivity contribution in [1.29, 1.82) is 0 Å². The molecular formula is C17H21N3O. The summed E-state index contributed by atoms with van der Waals surface area (Å²) in [5.74, 6) is 2.80. The second-order valence-electron chi connectivity index (χ2n) is 5.91. The number of benzene rings is 1. The third-order valence-corrected chi connectivity index (χ3v) is 3.62. The Morgan fingerprint density at radius 3 is 2.67 bits per heavy atom. The van der Waals surface area contributed by atoms with Gasteiger partial charge in [0.25, 0.3) is 0 Å². The van der Waals surface area contributed by atoms with E-state index in [1.54, 1.807) is 0 Å². The highest BCUT2D eigenvalue weighted by molar-refractivity contribution is 5.68. The number of anilines is 1. The Hall–Kier alpha value is -2.10. The molecule has 0 aliphatic heterocycles. The number of nitrogen functional groups attached to an aromatic ring is 1. The number of hydrogen-bond acceptors (Lipinski definition) is 4. The minimum atomic E-state index is 0.152. The van der Waals surface area contributed by atoms with Crippen LogP contribution >= 0.6 is 0 Å². The van der Waals surface area contributed by atoms with Gasteiger partial charge >= 0.3 is 0 Å². The molecule has 1 aromatic heterocycles. The van der Waals surface area contributed by atoms with E-state index in [-0.39, 0.29) is 6.10 Å². The van der Waals surface area contributed by atoms with Gasteiger partial charge in [-0.2, -0.15) is 0 Å². The van der Waals surface area contributed by atoms with Crippen LogP contribution in [0.5, 0.6) is 5.75 Å². The van der Waals surface area contributed by atoms with E-state index in [0.29, 0.717) is 11.7 Å². The zero-order valence-electron chi connectivity index (χ0n) is 12.8. The molecule has 1 aliphatic rings. The normalized spacial score (nSPS) is 14.5. The standard InChI is InChI=1S/C17H21N3O/c1-10(2)21-14-6-4-5-13(9-14)15-11(3)16(18)20-17(19-15)12-7-8-12/h4-6,9-10,12H,7-8H2,1-3H3,(H2,18,19,20). The van der Waals surface area contributed by atoms with Gasteiger partial charge in [0, 0.05) is 17.0 Å². The highest BCUT2D eigenvalue weighted by Crippen LogP contribution is 2.40. The monoisotopic (exact) mass is 283 g/mol. The number of ether oxygens (including phenoxy) is 1. The number of hydrogen-bond donors (Lipinski definition) is 1. The molecule has 2 N–H and O–H groups in total. The lowest BCUT2D eigenvalue weighted by molar-refractivity contribution is 0.242. The molecule has 0 unspecified atom stereocenters. The van der Waals surface area contributed by atoms with Crippen LogP contribution in [0, 0.1) is 6.92 Å². The van der Waals surface area contributed by atoms with Crippen LogP contribution in [0.4, 0.5) is 5.82 Å². The maximum absolute atomic E-state index is 6.06. The molecule has 21 heavy (non-hydrogen) atoms. The summed E-state index contributed by atoms with van der Waals surface area (Å²) in [6.45, 7) is 6.01. The smallest absolute Gasteiger partial charge is 0.134 e. The molecule has 2 aromatic rings. The largest absolute Gasteiger partial charge is 0.491 e. The Balaban J connectivity index is 2.03. The summed E-state index contributed by atoms with van der Waals surface area (Å²) >= 11 is 0. The van der Waals surface area contributed by atoms with Gasteiger partial charge in [-0.25, -0.2) is 9.97 Å². The maximum Gasteiger partial charge on any atom is 0.134 e. The first-order valence-electron chi connectivity index (χ1n) is 7.45. The van der Waals surface area contributed by atoms with Crippen molar-refractivity contribution < 1.29 is 4.74 Å². The lowest BCUT2D eigenvalue weighted by atomic mass is 10.1. The highest BCUT2D eigenvalue weighted by atomic mass is 16.5. The fourth-order valence-corrected chi connectivity index (χ4v) is 2.35. The second-order valence-corrected chi connectivity index (χ2v) is 5.91. The van der Waals surface area contributed by atoms with Gasteiger partial charge in [0.15, 0.2) is 0 Å². The molecule has 0 bridgehead atoms. The fraction of sp³-hybridized carbons (Fsp3) is 0.412. The van der Waals surface area contributed by atoms with Crippen LogP contribution < -0.4 is 10.5 Å². The Morgan fingerprint density at radius 2 is 2.00 bits per heavy atom. The van der Waals surface area contributed by atoms with Crippen molar-refractivity contribution in [2.75, 3.05) is 5.73 Å². The molecule has 4 nitrogen and oxygen atoms in total. The van der Waals surface area contributed by atoms with Gasteiger partial charge in [-0.3, -0.25) is 0 Å². The topological polar surface area (TPSA) is 61.0 Å². The van der Waals surface area contributed by atoms with E-state index >= 15 is 0 Å². The summed E-state index contributed by atoms with van der Waals surface area (Å²) in [7, 11) is 0. The number of aromatic nitrogens is 2. The van der Waals surface area contributed by atoms with Gasteiger partial charge in [0.1, 0.15) is 17.4 Å². The molecule has 0 atom stereocenters. The highest BCUT2D eigenvalue weighted by Gasteiger charge is 2.28. The van der Waals surface area contributed by atoms with Gasteiger partial charge in [0.2, 0.25) is 0 Å². The van der Waals surface area contributed by atoms with E-state index in [4.69, 9.17) is 15.5 Å². The molecule has 0 saturated heterocycles. The molecule has 4 heteroatoms. The van der Waals surface area contributed by atoms with Gasteiger partial charge in [0.05, 0.1) is 11.8 Å². The lowest BCUT2D eigenvalue weighted by Gasteiger charge is -2.13. The maximum atomic E-state index is 6.06. The molecule has 1 fully saturated rings. The molecule has 0 spiro atoms. The summed E-state index contributed by atoms with van der Waals surface area (Å²) < 4.78 is 5.76.